The summed E-state index contributed by atoms with van der Waals surface area (Å²) in [6.07, 6.45) is 2.26. The number of fused-ring (bicyclic) bond motifs is 1. The van der Waals surface area contributed by atoms with Crippen LogP contribution in [0.5, 0.6) is 5.75 Å². The van der Waals surface area contributed by atoms with Crippen molar-refractivity contribution in [1.82, 2.24) is 5.32 Å². The predicted octanol–water partition coefficient (Wildman–Crippen LogP) is 2.51. The van der Waals surface area contributed by atoms with Gasteiger partial charge >= 0.3 is 0 Å². The SMILES string of the molecule is O=C(COc1ccc2ccccc2c1)NC[C@@H]1CCCO1. The molecule has 3 rings (SSSR count). The highest BCUT2D eigenvalue weighted by molar-refractivity contribution is 5.84. The summed E-state index contributed by atoms with van der Waals surface area (Å²) >= 11 is 0. The number of carbonyl (C=O) groups excluding carboxylic acids is 1. The van der Waals surface area contributed by atoms with Crippen molar-refractivity contribution in [3.8, 4) is 5.75 Å². The number of nitrogens with one attached hydrogen (secondary N) is 1. The van der Waals surface area contributed by atoms with Gasteiger partial charge in [0.05, 0.1) is 6.10 Å². The zero-order valence-electron chi connectivity index (χ0n) is 11.9. The van der Waals surface area contributed by atoms with E-state index in [1.54, 1.807) is 0 Å². The van der Waals surface area contributed by atoms with E-state index in [1.165, 1.54) is 0 Å². The van der Waals surface area contributed by atoms with Crippen LogP contribution in [0.2, 0.25) is 0 Å². The molecule has 1 amide bonds. The molecule has 0 aliphatic carbocycles. The Morgan fingerprint density at radius 3 is 2.90 bits per heavy atom. The van der Waals surface area contributed by atoms with E-state index in [1.807, 2.05) is 42.5 Å². The van der Waals surface area contributed by atoms with Crippen LogP contribution in [0.15, 0.2) is 42.5 Å². The van der Waals surface area contributed by atoms with Gasteiger partial charge in [-0.2, -0.15) is 0 Å². The number of ether oxygens (including phenoxy) is 2. The highest BCUT2D eigenvalue weighted by Gasteiger charge is 2.16. The normalized spacial score (nSPS) is 17.8. The lowest BCUT2D eigenvalue weighted by Crippen LogP contribution is -2.35. The summed E-state index contributed by atoms with van der Waals surface area (Å²) in [4.78, 5) is 11.7. The molecule has 2 aromatic carbocycles. The van der Waals surface area contributed by atoms with Gasteiger partial charge in [0.2, 0.25) is 0 Å². The maximum Gasteiger partial charge on any atom is 0.258 e. The molecule has 4 heteroatoms. The van der Waals surface area contributed by atoms with Crippen molar-refractivity contribution in [2.45, 2.75) is 18.9 Å². The Morgan fingerprint density at radius 1 is 1.24 bits per heavy atom. The lowest BCUT2D eigenvalue weighted by atomic mass is 10.1. The van der Waals surface area contributed by atoms with E-state index in [9.17, 15) is 4.79 Å². The van der Waals surface area contributed by atoms with E-state index in [-0.39, 0.29) is 18.6 Å². The number of rotatable bonds is 5. The molecule has 0 saturated carbocycles. The van der Waals surface area contributed by atoms with E-state index in [2.05, 4.69) is 5.32 Å². The Kier molecular flexibility index (Phi) is 4.36. The van der Waals surface area contributed by atoms with Crippen LogP contribution in [-0.4, -0.2) is 31.8 Å². The minimum Gasteiger partial charge on any atom is -0.484 e. The summed E-state index contributed by atoms with van der Waals surface area (Å²) in [6.45, 7) is 1.40. The fourth-order valence-corrected chi connectivity index (χ4v) is 2.49. The highest BCUT2D eigenvalue weighted by atomic mass is 16.5. The Hall–Kier alpha value is -2.07. The van der Waals surface area contributed by atoms with Crippen LogP contribution < -0.4 is 10.1 Å². The van der Waals surface area contributed by atoms with Crippen molar-refractivity contribution >= 4 is 16.7 Å². The topological polar surface area (TPSA) is 47.6 Å². The third-order valence-electron chi connectivity index (χ3n) is 3.64. The fraction of sp³-hybridized carbons (Fsp3) is 0.353. The van der Waals surface area contributed by atoms with E-state index >= 15 is 0 Å². The standard InChI is InChI=1S/C17H19NO3/c19-17(18-11-16-6-3-9-20-16)12-21-15-8-7-13-4-1-2-5-14(13)10-15/h1-2,4-5,7-8,10,16H,3,6,9,11-12H2,(H,18,19)/t16-/m0/s1. The highest BCUT2D eigenvalue weighted by Crippen LogP contribution is 2.20. The first-order chi connectivity index (χ1) is 10.3. The minimum atomic E-state index is -0.112. The Labute approximate surface area is 124 Å². The van der Waals surface area contributed by atoms with E-state index in [4.69, 9.17) is 9.47 Å². The zero-order chi connectivity index (χ0) is 14.5. The summed E-state index contributed by atoms with van der Waals surface area (Å²) in [5.41, 5.74) is 0. The first kappa shape index (κ1) is 13.9. The number of benzene rings is 2. The molecule has 0 spiro atoms. The van der Waals surface area contributed by atoms with Gasteiger partial charge in [0.1, 0.15) is 5.75 Å². The third kappa shape index (κ3) is 3.73. The summed E-state index contributed by atoms with van der Waals surface area (Å²) in [6, 6.07) is 13.9. The average molecular weight is 285 g/mol. The molecule has 1 fully saturated rings. The molecule has 0 unspecified atom stereocenters. The summed E-state index contributed by atoms with van der Waals surface area (Å²) in [7, 11) is 0. The Morgan fingerprint density at radius 2 is 2.10 bits per heavy atom. The van der Waals surface area contributed by atoms with Gasteiger partial charge in [-0.1, -0.05) is 30.3 Å². The van der Waals surface area contributed by atoms with Crippen LogP contribution in [0.4, 0.5) is 0 Å². The van der Waals surface area contributed by atoms with Crippen LogP contribution >= 0.6 is 0 Å². The van der Waals surface area contributed by atoms with Crippen LogP contribution in [0, 0.1) is 0 Å². The molecule has 0 radical (unpaired) electrons. The second-order valence-electron chi connectivity index (χ2n) is 5.24. The molecule has 1 aliphatic heterocycles. The average Bonchev–Trinajstić information content (AvgIpc) is 3.04. The van der Waals surface area contributed by atoms with Crippen molar-refractivity contribution in [3.63, 3.8) is 0 Å². The second-order valence-corrected chi connectivity index (χ2v) is 5.24. The van der Waals surface area contributed by atoms with Gasteiger partial charge in [-0.25, -0.2) is 0 Å². The van der Waals surface area contributed by atoms with Gasteiger partial charge < -0.3 is 14.8 Å². The molecule has 4 nitrogen and oxygen atoms in total. The molecular weight excluding hydrogens is 266 g/mol. The fourth-order valence-electron chi connectivity index (χ4n) is 2.49. The van der Waals surface area contributed by atoms with Crippen LogP contribution in [0.3, 0.4) is 0 Å². The second kappa shape index (κ2) is 6.59. The van der Waals surface area contributed by atoms with Crippen LogP contribution in [0.25, 0.3) is 10.8 Å². The van der Waals surface area contributed by atoms with Gasteiger partial charge in [0, 0.05) is 13.2 Å². The maximum atomic E-state index is 11.7. The van der Waals surface area contributed by atoms with Crippen molar-refractivity contribution in [3.05, 3.63) is 42.5 Å². The Bertz CT molecular complexity index is 620. The largest absolute Gasteiger partial charge is 0.484 e. The quantitative estimate of drug-likeness (QED) is 0.918. The zero-order valence-corrected chi connectivity index (χ0v) is 11.9. The predicted molar refractivity (Wildman–Crippen MR) is 81.4 cm³/mol. The van der Waals surface area contributed by atoms with Crippen molar-refractivity contribution in [2.24, 2.45) is 0 Å². The Balaban J connectivity index is 1.49. The first-order valence-corrected chi connectivity index (χ1v) is 7.31. The lowest BCUT2D eigenvalue weighted by Gasteiger charge is -2.11. The van der Waals surface area contributed by atoms with Gasteiger partial charge in [-0.15, -0.1) is 0 Å². The van der Waals surface area contributed by atoms with E-state index in [0.717, 1.165) is 30.2 Å². The minimum absolute atomic E-state index is 0.0328. The monoisotopic (exact) mass is 285 g/mol. The van der Waals surface area contributed by atoms with Gasteiger partial charge in [0.25, 0.3) is 5.91 Å². The summed E-state index contributed by atoms with van der Waals surface area (Å²) in [5, 5.41) is 5.11. The van der Waals surface area contributed by atoms with Crippen molar-refractivity contribution < 1.29 is 14.3 Å². The molecule has 0 bridgehead atoms. The summed E-state index contributed by atoms with van der Waals surface area (Å²) in [5.74, 6) is 0.597. The molecule has 1 saturated heterocycles. The molecule has 2 aromatic rings. The van der Waals surface area contributed by atoms with Crippen LogP contribution in [-0.2, 0) is 9.53 Å². The van der Waals surface area contributed by atoms with Crippen molar-refractivity contribution in [1.29, 1.82) is 0 Å². The number of carbonyl (C=O) groups is 1. The van der Waals surface area contributed by atoms with Crippen molar-refractivity contribution in [2.75, 3.05) is 19.8 Å². The molecule has 1 aliphatic rings. The van der Waals surface area contributed by atoms with E-state index < -0.39 is 0 Å². The number of hydrogen-bond donors (Lipinski definition) is 1. The first-order valence-electron chi connectivity index (χ1n) is 7.31. The molecule has 110 valence electrons. The van der Waals surface area contributed by atoms with Gasteiger partial charge in [-0.3, -0.25) is 4.79 Å². The van der Waals surface area contributed by atoms with Crippen LogP contribution in [0.1, 0.15) is 12.8 Å². The maximum absolute atomic E-state index is 11.7. The smallest absolute Gasteiger partial charge is 0.258 e. The van der Waals surface area contributed by atoms with Gasteiger partial charge in [-0.05, 0) is 35.7 Å². The molecule has 1 heterocycles. The number of hydrogen-bond acceptors (Lipinski definition) is 3. The third-order valence-corrected chi connectivity index (χ3v) is 3.64. The molecule has 21 heavy (non-hydrogen) atoms. The molecule has 1 N–H and O–H groups in total. The number of amides is 1. The summed E-state index contributed by atoms with van der Waals surface area (Å²) < 4.78 is 11.0. The van der Waals surface area contributed by atoms with E-state index in [0.29, 0.717) is 12.3 Å². The molecule has 0 aromatic heterocycles. The molecule has 1 atom stereocenters. The lowest BCUT2D eigenvalue weighted by molar-refractivity contribution is -0.123. The molecular formula is C17H19NO3. The van der Waals surface area contributed by atoms with Gasteiger partial charge in [0.15, 0.2) is 6.61 Å².